The minimum atomic E-state index is -0.864. The summed E-state index contributed by atoms with van der Waals surface area (Å²) in [6.45, 7) is 2.72. The van der Waals surface area contributed by atoms with Gasteiger partial charge < -0.3 is 14.5 Å². The first kappa shape index (κ1) is 23.9. The highest BCUT2D eigenvalue weighted by atomic mass is 32.1. The Kier molecular flexibility index (Phi) is 7.19. The maximum Gasteiger partial charge on any atom is 0.251 e. The van der Waals surface area contributed by atoms with E-state index in [4.69, 9.17) is 9.15 Å². The van der Waals surface area contributed by atoms with Crippen molar-refractivity contribution in [1.82, 2.24) is 25.5 Å². The monoisotopic (exact) mass is 506 g/mol. The molecule has 1 aromatic carbocycles. The van der Waals surface area contributed by atoms with Crippen LogP contribution in [0.2, 0.25) is 0 Å². The summed E-state index contributed by atoms with van der Waals surface area (Å²) < 4.78 is 11.2. The highest BCUT2D eigenvalue weighted by molar-refractivity contribution is 7.10. The smallest absolute Gasteiger partial charge is 0.251 e. The molecule has 0 aliphatic carbocycles. The second-order valence-electron chi connectivity index (χ2n) is 8.45. The van der Waals surface area contributed by atoms with Crippen LogP contribution in [0.1, 0.15) is 29.5 Å². The Morgan fingerprint density at radius 3 is 2.75 bits per heavy atom. The molecular formula is C25H26N6O4S. The lowest BCUT2D eigenvalue weighted by Gasteiger charge is -2.30. The summed E-state index contributed by atoms with van der Waals surface area (Å²) in [5, 5.41) is 17.2. The number of furan rings is 1. The number of aromatic nitrogens is 4. The van der Waals surface area contributed by atoms with Crippen molar-refractivity contribution in [2.24, 2.45) is 0 Å². The van der Waals surface area contributed by atoms with E-state index in [2.05, 4.69) is 20.7 Å². The van der Waals surface area contributed by atoms with Gasteiger partial charge in [-0.2, -0.15) is 4.80 Å². The minimum Gasteiger partial charge on any atom is -0.458 e. The molecule has 1 saturated heterocycles. The molecule has 10 nitrogen and oxygen atoms in total. The van der Waals surface area contributed by atoms with Crippen LogP contribution in [0.4, 0.5) is 5.69 Å². The Morgan fingerprint density at radius 2 is 2.06 bits per heavy atom. The highest BCUT2D eigenvalue weighted by Gasteiger charge is 2.34. The standard InChI is InChI=1S/C25H26N6O4S/c1-17-11-12-20(35-17)24-27-29-30(28-24)16-22(32)31(18-7-3-2-4-8-18)23(21-10-6-14-36-21)25(33)26-15-19-9-5-13-34-19/h2-4,6-8,10-12,14,19,23H,5,9,13,15-16H2,1H3,(H,26,33)/t19-,23+/m1/s1. The molecule has 4 heterocycles. The topological polar surface area (TPSA) is 115 Å². The van der Waals surface area contributed by atoms with Gasteiger partial charge in [0.1, 0.15) is 18.3 Å². The number of anilines is 1. The van der Waals surface area contributed by atoms with Gasteiger partial charge in [-0.25, -0.2) is 0 Å². The van der Waals surface area contributed by atoms with E-state index < -0.39 is 6.04 Å². The molecule has 0 radical (unpaired) electrons. The van der Waals surface area contributed by atoms with Gasteiger partial charge in [0.25, 0.3) is 5.91 Å². The van der Waals surface area contributed by atoms with Gasteiger partial charge in [-0.1, -0.05) is 24.3 Å². The first-order valence-corrected chi connectivity index (χ1v) is 12.6. The zero-order valence-electron chi connectivity index (χ0n) is 19.7. The summed E-state index contributed by atoms with van der Waals surface area (Å²) in [5.74, 6) is 0.845. The number of nitrogens with zero attached hydrogens (tertiary/aromatic N) is 5. The Hall–Kier alpha value is -3.83. The lowest BCUT2D eigenvalue weighted by atomic mass is 10.1. The molecule has 0 spiro atoms. The number of nitrogens with one attached hydrogen (secondary N) is 1. The van der Waals surface area contributed by atoms with Crippen LogP contribution in [-0.4, -0.2) is 51.3 Å². The second kappa shape index (κ2) is 10.8. The number of tetrazole rings is 1. The van der Waals surface area contributed by atoms with Gasteiger partial charge in [-0.05, 0) is 60.7 Å². The normalized spacial score (nSPS) is 16.1. The molecule has 0 unspecified atom stereocenters. The van der Waals surface area contributed by atoms with E-state index in [9.17, 15) is 9.59 Å². The fourth-order valence-corrected chi connectivity index (χ4v) is 4.94. The highest BCUT2D eigenvalue weighted by Crippen LogP contribution is 2.31. The number of hydrogen-bond donors (Lipinski definition) is 1. The molecule has 2 atom stereocenters. The summed E-state index contributed by atoms with van der Waals surface area (Å²) in [6.07, 6.45) is 1.87. The van der Waals surface area contributed by atoms with E-state index in [-0.39, 0.29) is 30.3 Å². The number of ether oxygens (including phenoxy) is 1. The fourth-order valence-electron chi connectivity index (χ4n) is 4.12. The lowest BCUT2D eigenvalue weighted by molar-refractivity contribution is -0.127. The molecule has 186 valence electrons. The third-order valence-corrected chi connectivity index (χ3v) is 6.77. The molecule has 11 heteroatoms. The van der Waals surface area contributed by atoms with E-state index in [0.29, 0.717) is 24.6 Å². The van der Waals surface area contributed by atoms with Crippen molar-refractivity contribution in [3.63, 3.8) is 0 Å². The van der Waals surface area contributed by atoms with E-state index in [0.717, 1.165) is 23.5 Å². The number of rotatable bonds is 9. The molecule has 1 aliphatic rings. The van der Waals surface area contributed by atoms with Crippen molar-refractivity contribution in [3.05, 3.63) is 70.6 Å². The summed E-state index contributed by atoms with van der Waals surface area (Å²) in [4.78, 5) is 30.7. The Morgan fingerprint density at radius 1 is 1.19 bits per heavy atom. The SMILES string of the molecule is Cc1ccc(-c2nnn(CC(=O)N(c3ccccc3)[C@H](C(=O)NC[C@H]3CCCO3)c3cccs3)n2)o1. The summed E-state index contributed by atoms with van der Waals surface area (Å²) in [5.41, 5.74) is 0.593. The Balaban J connectivity index is 1.42. The summed E-state index contributed by atoms with van der Waals surface area (Å²) in [7, 11) is 0. The molecule has 0 saturated carbocycles. The van der Waals surface area contributed by atoms with E-state index in [1.165, 1.54) is 21.0 Å². The minimum absolute atomic E-state index is 0.0122. The van der Waals surface area contributed by atoms with Crippen LogP contribution in [-0.2, 0) is 20.9 Å². The quantitative estimate of drug-likeness (QED) is 0.370. The molecule has 5 rings (SSSR count). The number of carbonyl (C=O) groups excluding carboxylic acids is 2. The second-order valence-corrected chi connectivity index (χ2v) is 9.43. The number of carbonyl (C=O) groups is 2. The Labute approximate surface area is 211 Å². The van der Waals surface area contributed by atoms with Crippen LogP contribution in [0.5, 0.6) is 0 Å². The van der Waals surface area contributed by atoms with E-state index >= 15 is 0 Å². The first-order valence-electron chi connectivity index (χ1n) is 11.7. The van der Waals surface area contributed by atoms with E-state index in [1.807, 2.05) is 42.6 Å². The third kappa shape index (κ3) is 5.37. The molecule has 1 N–H and O–H groups in total. The number of hydrogen-bond acceptors (Lipinski definition) is 8. The number of aryl methyl sites for hydroxylation is 1. The number of para-hydroxylation sites is 1. The van der Waals surface area contributed by atoms with Gasteiger partial charge in [0.05, 0.1) is 6.10 Å². The average molecular weight is 507 g/mol. The maximum atomic E-state index is 13.7. The van der Waals surface area contributed by atoms with Crippen molar-refractivity contribution in [1.29, 1.82) is 0 Å². The first-order chi connectivity index (χ1) is 17.6. The molecule has 0 bridgehead atoms. The van der Waals surface area contributed by atoms with Gasteiger partial charge in [-0.3, -0.25) is 14.5 Å². The van der Waals surface area contributed by atoms with Crippen molar-refractivity contribution in [3.8, 4) is 11.6 Å². The van der Waals surface area contributed by atoms with Crippen LogP contribution in [0.3, 0.4) is 0 Å². The fraction of sp³-hybridized carbons (Fsp3) is 0.320. The number of thiophene rings is 1. The van der Waals surface area contributed by atoms with Gasteiger partial charge in [0, 0.05) is 23.7 Å². The van der Waals surface area contributed by atoms with Gasteiger partial charge >= 0.3 is 0 Å². The zero-order chi connectivity index (χ0) is 24.9. The van der Waals surface area contributed by atoms with Crippen LogP contribution in [0.25, 0.3) is 11.6 Å². The van der Waals surface area contributed by atoms with Gasteiger partial charge in [0.2, 0.25) is 11.7 Å². The van der Waals surface area contributed by atoms with E-state index in [1.54, 1.807) is 24.3 Å². The molecule has 1 fully saturated rings. The maximum absolute atomic E-state index is 13.7. The van der Waals surface area contributed by atoms with Crippen molar-refractivity contribution in [2.75, 3.05) is 18.1 Å². The van der Waals surface area contributed by atoms with Crippen LogP contribution in [0.15, 0.2) is 64.4 Å². The Bertz CT molecular complexity index is 1300. The number of amides is 2. The third-order valence-electron chi connectivity index (χ3n) is 5.84. The number of benzene rings is 1. The molecular weight excluding hydrogens is 480 g/mol. The predicted octanol–water partition coefficient (Wildman–Crippen LogP) is 3.37. The average Bonchev–Trinajstić information content (AvgIpc) is 3.69. The van der Waals surface area contributed by atoms with Crippen LogP contribution < -0.4 is 10.2 Å². The zero-order valence-corrected chi connectivity index (χ0v) is 20.6. The summed E-state index contributed by atoms with van der Waals surface area (Å²) >= 11 is 1.42. The molecule has 36 heavy (non-hydrogen) atoms. The molecule has 1 aliphatic heterocycles. The molecule has 3 aromatic heterocycles. The largest absolute Gasteiger partial charge is 0.458 e. The summed E-state index contributed by atoms with van der Waals surface area (Å²) in [6, 6.07) is 15.5. The molecule has 2 amide bonds. The van der Waals surface area contributed by atoms with Crippen molar-refractivity contribution < 1.29 is 18.7 Å². The van der Waals surface area contributed by atoms with Crippen LogP contribution >= 0.6 is 11.3 Å². The lowest BCUT2D eigenvalue weighted by Crippen LogP contribution is -2.46. The molecule has 4 aromatic rings. The van der Waals surface area contributed by atoms with Gasteiger partial charge in [0.15, 0.2) is 5.76 Å². The van der Waals surface area contributed by atoms with Crippen LogP contribution in [0, 0.1) is 6.92 Å². The van der Waals surface area contributed by atoms with Crippen molar-refractivity contribution >= 4 is 28.8 Å². The predicted molar refractivity (Wildman–Crippen MR) is 133 cm³/mol. The van der Waals surface area contributed by atoms with Gasteiger partial charge in [-0.15, -0.1) is 21.5 Å². The van der Waals surface area contributed by atoms with Crippen molar-refractivity contribution in [2.45, 2.75) is 38.5 Å².